The quantitative estimate of drug-likeness (QED) is 0.903. The van der Waals surface area contributed by atoms with Crippen LogP contribution in [-0.2, 0) is 11.2 Å². The van der Waals surface area contributed by atoms with Crippen molar-refractivity contribution in [2.24, 2.45) is 11.1 Å². The largest absolute Gasteiger partial charge is 0.384 e. The van der Waals surface area contributed by atoms with Gasteiger partial charge in [-0.25, -0.2) is 9.97 Å². The number of fused-ring (bicyclic) bond motifs is 1. The average Bonchev–Trinajstić information content (AvgIpc) is 2.37. The minimum Gasteiger partial charge on any atom is -0.384 e. The summed E-state index contributed by atoms with van der Waals surface area (Å²) in [7, 11) is 1.68. The maximum absolute atomic E-state index is 11.4. The molecule has 0 radical (unpaired) electrons. The van der Waals surface area contributed by atoms with Crippen LogP contribution in [0.25, 0.3) is 10.9 Å². The molecule has 0 aliphatic heterocycles. The third kappa shape index (κ3) is 3.11. The SMILES string of the molecule is COCC(C)(C)Cc1nc(C(N)=O)nc2ccccc12. The molecule has 0 unspecified atom stereocenters. The van der Waals surface area contributed by atoms with Gasteiger partial charge in [0.1, 0.15) is 0 Å². The number of rotatable bonds is 5. The number of ether oxygens (including phenoxy) is 1. The Morgan fingerprint density at radius 3 is 2.65 bits per heavy atom. The Kier molecular flexibility index (Phi) is 3.99. The van der Waals surface area contributed by atoms with Crippen molar-refractivity contribution in [1.29, 1.82) is 0 Å². The minimum absolute atomic E-state index is 0.0620. The number of carbonyl (C=O) groups excluding carboxylic acids is 1. The third-order valence-electron chi connectivity index (χ3n) is 3.08. The Morgan fingerprint density at radius 2 is 2.00 bits per heavy atom. The molecule has 5 nitrogen and oxygen atoms in total. The fraction of sp³-hybridized carbons (Fsp3) is 0.400. The van der Waals surface area contributed by atoms with Crippen molar-refractivity contribution in [3.63, 3.8) is 0 Å². The van der Waals surface area contributed by atoms with Crippen LogP contribution in [0.5, 0.6) is 0 Å². The highest BCUT2D eigenvalue weighted by molar-refractivity contribution is 5.92. The molecule has 0 spiro atoms. The van der Waals surface area contributed by atoms with E-state index >= 15 is 0 Å². The highest BCUT2D eigenvalue weighted by Gasteiger charge is 2.22. The summed E-state index contributed by atoms with van der Waals surface area (Å²) < 4.78 is 5.23. The van der Waals surface area contributed by atoms with Gasteiger partial charge >= 0.3 is 0 Å². The summed E-state index contributed by atoms with van der Waals surface area (Å²) in [5, 5.41) is 0.946. The number of nitrogens with zero attached hydrogens (tertiary/aromatic N) is 2. The normalized spacial score (nSPS) is 11.8. The van der Waals surface area contributed by atoms with Gasteiger partial charge < -0.3 is 10.5 Å². The van der Waals surface area contributed by atoms with Gasteiger partial charge in [-0.15, -0.1) is 0 Å². The van der Waals surface area contributed by atoms with E-state index in [0.717, 1.165) is 16.6 Å². The Labute approximate surface area is 118 Å². The number of para-hydroxylation sites is 1. The zero-order valence-corrected chi connectivity index (χ0v) is 12.0. The van der Waals surface area contributed by atoms with Crippen LogP contribution < -0.4 is 5.73 Å². The molecule has 106 valence electrons. The Morgan fingerprint density at radius 1 is 1.30 bits per heavy atom. The summed E-state index contributed by atoms with van der Waals surface area (Å²) in [4.78, 5) is 19.9. The van der Waals surface area contributed by atoms with Crippen LogP contribution in [-0.4, -0.2) is 29.6 Å². The molecule has 20 heavy (non-hydrogen) atoms. The first-order valence-corrected chi connectivity index (χ1v) is 6.47. The van der Waals surface area contributed by atoms with E-state index in [9.17, 15) is 4.79 Å². The molecule has 0 saturated carbocycles. The monoisotopic (exact) mass is 273 g/mol. The van der Waals surface area contributed by atoms with Crippen LogP contribution in [0.3, 0.4) is 0 Å². The Balaban J connectivity index is 2.52. The Bertz CT molecular complexity index is 638. The first kappa shape index (κ1) is 14.4. The van der Waals surface area contributed by atoms with Gasteiger partial charge in [0.25, 0.3) is 5.91 Å². The summed E-state index contributed by atoms with van der Waals surface area (Å²) in [5.74, 6) is -0.548. The smallest absolute Gasteiger partial charge is 0.286 e. The van der Waals surface area contributed by atoms with Gasteiger partial charge in [-0.1, -0.05) is 32.0 Å². The van der Waals surface area contributed by atoms with E-state index in [1.54, 1.807) is 7.11 Å². The summed E-state index contributed by atoms with van der Waals surface area (Å²) in [6.45, 7) is 4.80. The van der Waals surface area contributed by atoms with Crippen molar-refractivity contribution in [3.05, 3.63) is 35.8 Å². The van der Waals surface area contributed by atoms with Crippen LogP contribution in [0.2, 0.25) is 0 Å². The van der Waals surface area contributed by atoms with Crippen molar-refractivity contribution in [2.75, 3.05) is 13.7 Å². The van der Waals surface area contributed by atoms with E-state index in [4.69, 9.17) is 10.5 Å². The molecule has 2 rings (SSSR count). The summed E-state index contributed by atoms with van der Waals surface area (Å²) in [6.07, 6.45) is 0.685. The summed E-state index contributed by atoms with van der Waals surface area (Å²) in [6, 6.07) is 7.63. The molecule has 5 heteroatoms. The van der Waals surface area contributed by atoms with Gasteiger partial charge in [0.2, 0.25) is 5.82 Å². The lowest BCUT2D eigenvalue weighted by Crippen LogP contribution is -2.24. The number of nitrogens with two attached hydrogens (primary N) is 1. The van der Waals surface area contributed by atoms with E-state index in [0.29, 0.717) is 13.0 Å². The second-order valence-corrected chi connectivity index (χ2v) is 5.65. The van der Waals surface area contributed by atoms with E-state index < -0.39 is 5.91 Å². The van der Waals surface area contributed by atoms with Gasteiger partial charge in [-0.3, -0.25) is 4.79 Å². The number of aromatic nitrogens is 2. The van der Waals surface area contributed by atoms with Crippen molar-refractivity contribution < 1.29 is 9.53 Å². The van der Waals surface area contributed by atoms with Crippen LogP contribution in [0.15, 0.2) is 24.3 Å². The summed E-state index contributed by atoms with van der Waals surface area (Å²) in [5.41, 5.74) is 6.79. The van der Waals surface area contributed by atoms with Crippen LogP contribution in [0, 0.1) is 5.41 Å². The minimum atomic E-state index is -0.610. The van der Waals surface area contributed by atoms with Crippen LogP contribution >= 0.6 is 0 Å². The molecule has 2 N–H and O–H groups in total. The number of benzene rings is 1. The zero-order chi connectivity index (χ0) is 14.8. The number of carbonyl (C=O) groups is 1. The highest BCUT2D eigenvalue weighted by atomic mass is 16.5. The highest BCUT2D eigenvalue weighted by Crippen LogP contribution is 2.25. The molecule has 0 atom stereocenters. The lowest BCUT2D eigenvalue weighted by Gasteiger charge is -2.23. The number of primary amides is 1. The molecule has 0 aliphatic rings. The molecule has 0 fully saturated rings. The maximum Gasteiger partial charge on any atom is 0.286 e. The first-order chi connectivity index (χ1) is 9.43. The molecule has 2 aromatic rings. The number of methoxy groups -OCH3 is 1. The predicted octanol–water partition coefficient (Wildman–Crippen LogP) is 1.94. The molecular weight excluding hydrogens is 254 g/mol. The molecule has 1 heterocycles. The lowest BCUT2D eigenvalue weighted by molar-refractivity contribution is 0.0986. The summed E-state index contributed by atoms with van der Waals surface area (Å²) >= 11 is 0. The third-order valence-corrected chi connectivity index (χ3v) is 3.08. The van der Waals surface area contributed by atoms with E-state index in [-0.39, 0.29) is 11.2 Å². The van der Waals surface area contributed by atoms with Gasteiger partial charge in [-0.2, -0.15) is 0 Å². The Hall–Kier alpha value is -2.01. The molecule has 1 aromatic heterocycles. The second-order valence-electron chi connectivity index (χ2n) is 5.65. The zero-order valence-electron chi connectivity index (χ0n) is 12.0. The van der Waals surface area contributed by atoms with Gasteiger partial charge in [0.05, 0.1) is 17.8 Å². The number of amides is 1. The standard InChI is InChI=1S/C15H19N3O2/c1-15(2,9-20-3)8-12-10-6-4-5-7-11(10)17-14(18-12)13(16)19/h4-7H,8-9H2,1-3H3,(H2,16,19). The molecular formula is C15H19N3O2. The number of hydrogen-bond acceptors (Lipinski definition) is 4. The predicted molar refractivity (Wildman–Crippen MR) is 77.4 cm³/mol. The van der Waals surface area contributed by atoms with Crippen molar-refractivity contribution in [2.45, 2.75) is 20.3 Å². The molecule has 0 aliphatic carbocycles. The maximum atomic E-state index is 11.4. The molecule has 0 saturated heterocycles. The van der Waals surface area contributed by atoms with Gasteiger partial charge in [0, 0.05) is 12.5 Å². The van der Waals surface area contributed by atoms with Gasteiger partial charge in [-0.05, 0) is 17.9 Å². The fourth-order valence-electron chi connectivity index (χ4n) is 2.28. The van der Waals surface area contributed by atoms with Crippen molar-refractivity contribution in [3.8, 4) is 0 Å². The van der Waals surface area contributed by atoms with E-state index in [2.05, 4.69) is 23.8 Å². The number of hydrogen-bond donors (Lipinski definition) is 1. The average molecular weight is 273 g/mol. The van der Waals surface area contributed by atoms with E-state index in [1.165, 1.54) is 0 Å². The molecule has 1 amide bonds. The molecule has 1 aromatic carbocycles. The lowest BCUT2D eigenvalue weighted by atomic mass is 9.87. The first-order valence-electron chi connectivity index (χ1n) is 6.47. The van der Waals surface area contributed by atoms with Crippen molar-refractivity contribution >= 4 is 16.8 Å². The second kappa shape index (κ2) is 5.54. The topological polar surface area (TPSA) is 78.1 Å². The molecule has 0 bridgehead atoms. The van der Waals surface area contributed by atoms with Crippen LogP contribution in [0.1, 0.15) is 30.2 Å². The van der Waals surface area contributed by atoms with Gasteiger partial charge in [0.15, 0.2) is 0 Å². The van der Waals surface area contributed by atoms with Crippen LogP contribution in [0.4, 0.5) is 0 Å². The fourth-order valence-corrected chi connectivity index (χ4v) is 2.28. The van der Waals surface area contributed by atoms with Crippen molar-refractivity contribution in [1.82, 2.24) is 9.97 Å². The van der Waals surface area contributed by atoms with E-state index in [1.807, 2.05) is 24.3 Å².